The van der Waals surface area contributed by atoms with Gasteiger partial charge in [0.05, 0.1) is 18.1 Å². The molecule has 0 heterocycles. The topological polar surface area (TPSA) is 61.1 Å². The van der Waals surface area contributed by atoms with Gasteiger partial charge in [0.25, 0.3) is 0 Å². The number of carbonyl (C=O) groups is 1. The number of carboxylic acids is 1. The van der Waals surface area contributed by atoms with E-state index in [0.29, 0.717) is 0 Å². The van der Waals surface area contributed by atoms with Crippen LogP contribution in [0.1, 0.15) is 11.1 Å². The Balaban J connectivity index is 3.21. The molecule has 1 rings (SSSR count). The average molecular weight is 197 g/mol. The molecule has 0 bridgehead atoms. The van der Waals surface area contributed by atoms with Crippen molar-refractivity contribution in [2.24, 2.45) is 0 Å². The zero-order valence-electron chi connectivity index (χ0n) is 6.92. The van der Waals surface area contributed by atoms with Gasteiger partial charge in [0, 0.05) is 5.56 Å². The molecule has 1 aromatic carbocycles. The second-order valence-electron chi connectivity index (χ2n) is 2.61. The highest BCUT2D eigenvalue weighted by molar-refractivity contribution is 5.70. The van der Waals surface area contributed by atoms with Crippen molar-refractivity contribution in [2.75, 3.05) is 0 Å². The Bertz CT molecular complexity index is 424. The quantitative estimate of drug-likeness (QED) is 0.780. The lowest BCUT2D eigenvalue weighted by molar-refractivity contribution is -0.136. The Morgan fingerprint density at radius 1 is 1.50 bits per heavy atom. The van der Waals surface area contributed by atoms with Crippen LogP contribution in [0, 0.1) is 23.0 Å². The van der Waals surface area contributed by atoms with E-state index in [1.165, 1.54) is 0 Å². The van der Waals surface area contributed by atoms with Crippen molar-refractivity contribution in [3.05, 3.63) is 34.9 Å². The minimum Gasteiger partial charge on any atom is -0.481 e. The lowest BCUT2D eigenvalue weighted by atomic mass is 10.1. The minimum atomic E-state index is -1.28. The van der Waals surface area contributed by atoms with Crippen LogP contribution in [-0.2, 0) is 11.2 Å². The van der Waals surface area contributed by atoms with Gasteiger partial charge >= 0.3 is 5.97 Å². The molecular formula is C9H5F2NO2. The molecule has 0 saturated carbocycles. The molecule has 72 valence electrons. The van der Waals surface area contributed by atoms with E-state index in [9.17, 15) is 13.6 Å². The van der Waals surface area contributed by atoms with Gasteiger partial charge in [-0.1, -0.05) is 0 Å². The molecule has 0 amide bonds. The SMILES string of the molecule is N#Cc1cc(F)c(F)c(CC(=O)O)c1. The van der Waals surface area contributed by atoms with E-state index in [1.54, 1.807) is 6.07 Å². The van der Waals surface area contributed by atoms with Crippen LogP contribution >= 0.6 is 0 Å². The summed E-state index contributed by atoms with van der Waals surface area (Å²) >= 11 is 0. The predicted molar refractivity (Wildman–Crippen MR) is 42.4 cm³/mol. The highest BCUT2D eigenvalue weighted by atomic mass is 19.2. The molecule has 0 unspecified atom stereocenters. The maximum absolute atomic E-state index is 12.9. The van der Waals surface area contributed by atoms with Gasteiger partial charge < -0.3 is 5.11 Å². The van der Waals surface area contributed by atoms with E-state index in [4.69, 9.17) is 10.4 Å². The monoisotopic (exact) mass is 197 g/mol. The van der Waals surface area contributed by atoms with Crippen molar-refractivity contribution in [3.8, 4) is 6.07 Å². The molecule has 0 radical (unpaired) electrons. The zero-order valence-corrected chi connectivity index (χ0v) is 6.92. The van der Waals surface area contributed by atoms with E-state index in [-0.39, 0.29) is 11.1 Å². The zero-order chi connectivity index (χ0) is 10.7. The molecule has 1 aromatic rings. The van der Waals surface area contributed by atoms with E-state index in [2.05, 4.69) is 0 Å². The number of hydrogen-bond acceptors (Lipinski definition) is 2. The van der Waals surface area contributed by atoms with Crippen molar-refractivity contribution in [3.63, 3.8) is 0 Å². The average Bonchev–Trinajstić information content (AvgIpc) is 2.11. The number of hydrogen-bond donors (Lipinski definition) is 1. The first-order valence-electron chi connectivity index (χ1n) is 3.64. The van der Waals surface area contributed by atoms with Gasteiger partial charge in [0.2, 0.25) is 0 Å². The molecule has 0 atom stereocenters. The van der Waals surface area contributed by atoms with Crippen LogP contribution in [0.4, 0.5) is 8.78 Å². The molecular weight excluding hydrogens is 192 g/mol. The largest absolute Gasteiger partial charge is 0.481 e. The van der Waals surface area contributed by atoms with Crippen LogP contribution in [-0.4, -0.2) is 11.1 Å². The third-order valence-corrected chi connectivity index (χ3v) is 1.57. The first kappa shape index (κ1) is 10.1. The maximum Gasteiger partial charge on any atom is 0.307 e. The van der Waals surface area contributed by atoms with Crippen LogP contribution in [0.3, 0.4) is 0 Å². The fraction of sp³-hybridized carbons (Fsp3) is 0.111. The van der Waals surface area contributed by atoms with Gasteiger partial charge in [0.15, 0.2) is 11.6 Å². The summed E-state index contributed by atoms with van der Waals surface area (Å²) < 4.78 is 25.7. The van der Waals surface area contributed by atoms with Crippen molar-refractivity contribution in [1.29, 1.82) is 5.26 Å². The Hall–Kier alpha value is -1.96. The van der Waals surface area contributed by atoms with Crippen molar-refractivity contribution >= 4 is 5.97 Å². The second kappa shape index (κ2) is 3.83. The minimum absolute atomic E-state index is 0.0971. The van der Waals surface area contributed by atoms with Crippen LogP contribution in [0.2, 0.25) is 0 Å². The third kappa shape index (κ3) is 2.04. The van der Waals surface area contributed by atoms with Gasteiger partial charge in [0.1, 0.15) is 0 Å². The molecule has 0 aliphatic rings. The highest BCUT2D eigenvalue weighted by Gasteiger charge is 2.13. The first-order chi connectivity index (χ1) is 6.54. The van der Waals surface area contributed by atoms with E-state index >= 15 is 0 Å². The molecule has 1 N–H and O–H groups in total. The number of carboxylic acid groups (broad SMARTS) is 1. The number of nitriles is 1. The summed E-state index contributed by atoms with van der Waals surface area (Å²) in [6.45, 7) is 0. The van der Waals surface area contributed by atoms with Crippen LogP contribution in [0.15, 0.2) is 12.1 Å². The summed E-state index contributed by atoms with van der Waals surface area (Å²) in [5, 5.41) is 16.8. The van der Waals surface area contributed by atoms with Crippen molar-refractivity contribution in [1.82, 2.24) is 0 Å². The van der Waals surface area contributed by atoms with Gasteiger partial charge in [-0.3, -0.25) is 4.79 Å². The van der Waals surface area contributed by atoms with Crippen LogP contribution < -0.4 is 0 Å². The van der Waals surface area contributed by atoms with Crippen LogP contribution in [0.5, 0.6) is 0 Å². The Morgan fingerprint density at radius 2 is 2.14 bits per heavy atom. The fourth-order valence-corrected chi connectivity index (χ4v) is 1.00. The summed E-state index contributed by atoms with van der Waals surface area (Å²) in [6.07, 6.45) is -0.641. The highest BCUT2D eigenvalue weighted by Crippen LogP contribution is 2.15. The molecule has 0 saturated heterocycles. The van der Waals surface area contributed by atoms with Crippen molar-refractivity contribution in [2.45, 2.75) is 6.42 Å². The predicted octanol–water partition coefficient (Wildman–Crippen LogP) is 1.46. The molecule has 0 fully saturated rings. The number of rotatable bonds is 2. The number of benzene rings is 1. The summed E-state index contributed by atoms with van der Waals surface area (Å²) in [5.74, 6) is -3.70. The summed E-state index contributed by atoms with van der Waals surface area (Å²) in [4.78, 5) is 10.3. The lowest BCUT2D eigenvalue weighted by Gasteiger charge is -2.01. The summed E-state index contributed by atoms with van der Waals surface area (Å²) in [5.41, 5.74) is -0.422. The third-order valence-electron chi connectivity index (χ3n) is 1.57. The van der Waals surface area contributed by atoms with Gasteiger partial charge in [-0.05, 0) is 12.1 Å². The second-order valence-corrected chi connectivity index (χ2v) is 2.61. The van der Waals surface area contributed by atoms with E-state index in [1.807, 2.05) is 0 Å². The van der Waals surface area contributed by atoms with Gasteiger partial charge in [-0.2, -0.15) is 5.26 Å². The molecule has 5 heteroatoms. The first-order valence-corrected chi connectivity index (χ1v) is 3.64. The number of aliphatic carboxylic acids is 1. The normalized spacial score (nSPS) is 9.50. The van der Waals surface area contributed by atoms with E-state index < -0.39 is 24.0 Å². The van der Waals surface area contributed by atoms with E-state index in [0.717, 1.165) is 12.1 Å². The smallest absolute Gasteiger partial charge is 0.307 e. The lowest BCUT2D eigenvalue weighted by Crippen LogP contribution is -2.04. The molecule has 0 aliphatic carbocycles. The fourth-order valence-electron chi connectivity index (χ4n) is 1.00. The van der Waals surface area contributed by atoms with Gasteiger partial charge in [-0.15, -0.1) is 0 Å². The molecule has 0 aliphatic heterocycles. The summed E-state index contributed by atoms with van der Waals surface area (Å²) in [7, 11) is 0. The maximum atomic E-state index is 12.9. The Kier molecular flexibility index (Phi) is 2.77. The van der Waals surface area contributed by atoms with Gasteiger partial charge in [-0.25, -0.2) is 8.78 Å². The summed E-state index contributed by atoms with van der Waals surface area (Å²) in [6, 6.07) is 3.35. The molecule has 0 aromatic heterocycles. The Labute approximate surface area is 78.2 Å². The van der Waals surface area contributed by atoms with Crippen LogP contribution in [0.25, 0.3) is 0 Å². The molecule has 0 spiro atoms. The Morgan fingerprint density at radius 3 is 2.64 bits per heavy atom. The standard InChI is InChI=1S/C9H5F2NO2/c10-7-2-5(4-12)1-6(9(7)11)3-8(13)14/h1-2H,3H2,(H,13,14). The number of nitrogens with zero attached hydrogens (tertiary/aromatic N) is 1. The number of halogens is 2. The molecule has 14 heavy (non-hydrogen) atoms. The molecule has 3 nitrogen and oxygen atoms in total. The van der Waals surface area contributed by atoms with Crippen molar-refractivity contribution < 1.29 is 18.7 Å².